The van der Waals surface area contributed by atoms with E-state index in [1.807, 2.05) is 37.3 Å². The lowest BCUT2D eigenvalue weighted by molar-refractivity contribution is -0.117. The Kier molecular flexibility index (Phi) is 6.45. The van der Waals surface area contributed by atoms with Crippen molar-refractivity contribution in [1.29, 1.82) is 0 Å². The number of carbonyl (C=O) groups is 2. The largest absolute Gasteiger partial charge is 0.294 e. The van der Waals surface area contributed by atoms with Gasteiger partial charge < -0.3 is 0 Å². The molecular formula is C27H29N3O2. The maximum Gasteiger partial charge on any atom is 0.234 e. The summed E-state index contributed by atoms with van der Waals surface area (Å²) >= 11 is 0. The van der Waals surface area contributed by atoms with Gasteiger partial charge in [-0.25, -0.2) is 9.97 Å². The molecule has 0 spiro atoms. The molecule has 0 bridgehead atoms. The van der Waals surface area contributed by atoms with Gasteiger partial charge in [0.1, 0.15) is 0 Å². The Morgan fingerprint density at radius 2 is 1.75 bits per heavy atom. The Labute approximate surface area is 189 Å². The zero-order valence-corrected chi connectivity index (χ0v) is 18.8. The molecule has 1 N–H and O–H groups in total. The Hall–Kier alpha value is -3.34. The summed E-state index contributed by atoms with van der Waals surface area (Å²) in [7, 11) is 0. The van der Waals surface area contributed by atoms with E-state index in [0.29, 0.717) is 36.4 Å². The highest BCUT2D eigenvalue weighted by Gasteiger charge is 2.29. The van der Waals surface area contributed by atoms with Crippen LogP contribution in [0.5, 0.6) is 0 Å². The molecule has 32 heavy (non-hydrogen) atoms. The molecule has 0 aliphatic heterocycles. The molecule has 3 aromatic rings. The molecule has 0 saturated heterocycles. The van der Waals surface area contributed by atoms with Gasteiger partial charge in [0.25, 0.3) is 0 Å². The first-order valence-corrected chi connectivity index (χ1v) is 11.3. The van der Waals surface area contributed by atoms with Crippen LogP contribution in [0.15, 0.2) is 60.8 Å². The Morgan fingerprint density at radius 3 is 2.41 bits per heavy atom. The van der Waals surface area contributed by atoms with Gasteiger partial charge in [-0.1, -0.05) is 75.4 Å². The van der Waals surface area contributed by atoms with E-state index in [0.717, 1.165) is 11.1 Å². The van der Waals surface area contributed by atoms with Crippen LogP contribution >= 0.6 is 0 Å². The number of anilines is 1. The summed E-state index contributed by atoms with van der Waals surface area (Å²) in [5.74, 6) is 0.456. The average molecular weight is 428 g/mol. The number of carbonyl (C=O) groups excluding carboxylic acids is 2. The lowest BCUT2D eigenvalue weighted by Crippen LogP contribution is -2.25. The van der Waals surface area contributed by atoms with Crippen molar-refractivity contribution in [2.24, 2.45) is 0 Å². The van der Waals surface area contributed by atoms with Crippen molar-refractivity contribution in [1.82, 2.24) is 9.97 Å². The molecule has 5 nitrogen and oxygen atoms in total. The first-order valence-electron chi connectivity index (χ1n) is 11.3. The molecule has 1 amide bonds. The van der Waals surface area contributed by atoms with Crippen LogP contribution in [0.1, 0.15) is 84.1 Å². The standard InChI is InChI=1S/C27H29N3O2/c1-4-22(20-8-6-5-7-9-20)26(32)30-27-28-16-23-24(29-27)14-21(15-25(23)31)19-12-10-18(11-13-19)17(2)3/h5-13,16-17,21-22H,4,14-15H2,1-3H3,(H,28,29,30,32)/t21-,22-/m0/s1. The monoisotopic (exact) mass is 427 g/mol. The number of ketones is 1. The molecule has 1 heterocycles. The summed E-state index contributed by atoms with van der Waals surface area (Å²) in [5.41, 5.74) is 4.66. The van der Waals surface area contributed by atoms with Gasteiger partial charge in [0, 0.05) is 12.6 Å². The molecule has 0 unspecified atom stereocenters. The van der Waals surface area contributed by atoms with Gasteiger partial charge >= 0.3 is 0 Å². The van der Waals surface area contributed by atoms with Crippen LogP contribution in [-0.4, -0.2) is 21.7 Å². The second-order valence-electron chi connectivity index (χ2n) is 8.76. The van der Waals surface area contributed by atoms with Crippen LogP contribution in [-0.2, 0) is 11.2 Å². The summed E-state index contributed by atoms with van der Waals surface area (Å²) in [6.45, 7) is 6.32. The Balaban J connectivity index is 1.53. The average Bonchev–Trinajstić information content (AvgIpc) is 2.80. The maximum absolute atomic E-state index is 12.9. The minimum Gasteiger partial charge on any atom is -0.294 e. The van der Waals surface area contributed by atoms with Crippen LogP contribution in [0.2, 0.25) is 0 Å². The lowest BCUT2D eigenvalue weighted by Gasteiger charge is -2.24. The number of amides is 1. The molecule has 164 valence electrons. The molecular weight excluding hydrogens is 398 g/mol. The van der Waals surface area contributed by atoms with Crippen LogP contribution in [0, 0.1) is 0 Å². The lowest BCUT2D eigenvalue weighted by atomic mass is 9.81. The Morgan fingerprint density at radius 1 is 1.03 bits per heavy atom. The fourth-order valence-corrected chi connectivity index (χ4v) is 4.35. The molecule has 1 aliphatic carbocycles. The molecule has 0 saturated carbocycles. The van der Waals surface area contributed by atoms with Crippen molar-refractivity contribution in [3.63, 3.8) is 0 Å². The van der Waals surface area contributed by atoms with Crippen LogP contribution in [0.25, 0.3) is 0 Å². The fraction of sp³-hybridized carbons (Fsp3) is 0.333. The van der Waals surface area contributed by atoms with E-state index in [1.165, 1.54) is 5.56 Å². The third-order valence-electron chi connectivity index (χ3n) is 6.28. The number of hydrogen-bond donors (Lipinski definition) is 1. The van der Waals surface area contributed by atoms with Crippen LogP contribution < -0.4 is 5.32 Å². The molecule has 5 heteroatoms. The minimum atomic E-state index is -0.273. The second-order valence-corrected chi connectivity index (χ2v) is 8.76. The SMILES string of the molecule is CC[C@H](C(=O)Nc1ncc2c(n1)C[C@H](c1ccc(C(C)C)cc1)CC2=O)c1ccccc1. The van der Waals surface area contributed by atoms with E-state index in [1.54, 1.807) is 6.20 Å². The molecule has 2 aromatic carbocycles. The number of nitrogens with one attached hydrogen (secondary N) is 1. The topological polar surface area (TPSA) is 72.0 Å². The van der Waals surface area contributed by atoms with Crippen LogP contribution in [0.4, 0.5) is 5.95 Å². The third-order valence-corrected chi connectivity index (χ3v) is 6.28. The zero-order valence-electron chi connectivity index (χ0n) is 18.8. The number of hydrogen-bond acceptors (Lipinski definition) is 4. The zero-order chi connectivity index (χ0) is 22.7. The van der Waals surface area contributed by atoms with Gasteiger partial charge in [0.15, 0.2) is 5.78 Å². The van der Waals surface area contributed by atoms with Gasteiger partial charge in [-0.2, -0.15) is 0 Å². The van der Waals surface area contributed by atoms with Crippen molar-refractivity contribution in [2.75, 3.05) is 5.32 Å². The quantitative estimate of drug-likeness (QED) is 0.552. The number of benzene rings is 2. The summed E-state index contributed by atoms with van der Waals surface area (Å²) in [6, 6.07) is 18.2. The highest BCUT2D eigenvalue weighted by atomic mass is 16.2. The van der Waals surface area contributed by atoms with E-state index >= 15 is 0 Å². The van der Waals surface area contributed by atoms with Gasteiger partial charge in [-0.3, -0.25) is 14.9 Å². The van der Waals surface area contributed by atoms with Crippen molar-refractivity contribution >= 4 is 17.6 Å². The van der Waals surface area contributed by atoms with Gasteiger partial charge in [0.05, 0.1) is 17.2 Å². The summed E-state index contributed by atoms with van der Waals surface area (Å²) in [4.78, 5) is 34.5. The number of nitrogens with zero attached hydrogens (tertiary/aromatic N) is 2. The molecule has 2 atom stereocenters. The smallest absolute Gasteiger partial charge is 0.234 e. The molecule has 1 aliphatic rings. The van der Waals surface area contributed by atoms with E-state index in [4.69, 9.17) is 0 Å². The van der Waals surface area contributed by atoms with Crippen molar-refractivity contribution < 1.29 is 9.59 Å². The third kappa shape index (κ3) is 4.62. The highest BCUT2D eigenvalue weighted by molar-refractivity contribution is 5.99. The minimum absolute atomic E-state index is 0.0535. The summed E-state index contributed by atoms with van der Waals surface area (Å²) in [6.07, 6.45) is 3.34. The van der Waals surface area contributed by atoms with Crippen molar-refractivity contribution in [3.8, 4) is 0 Å². The van der Waals surface area contributed by atoms with Gasteiger partial charge in [-0.15, -0.1) is 0 Å². The van der Waals surface area contributed by atoms with Gasteiger partial charge in [0.2, 0.25) is 11.9 Å². The molecule has 4 rings (SSSR count). The second kappa shape index (κ2) is 9.43. The van der Waals surface area contributed by atoms with Gasteiger partial charge in [-0.05, 0) is 41.4 Å². The summed E-state index contributed by atoms with van der Waals surface area (Å²) in [5, 5.41) is 2.86. The van der Waals surface area contributed by atoms with E-state index < -0.39 is 0 Å². The number of Topliss-reactive ketones (excluding diaryl/α,β-unsaturated/α-hetero) is 1. The van der Waals surface area contributed by atoms with E-state index in [2.05, 4.69) is 53.4 Å². The van der Waals surface area contributed by atoms with Crippen LogP contribution in [0.3, 0.4) is 0 Å². The first kappa shape index (κ1) is 21.9. The number of rotatable bonds is 6. The first-order chi connectivity index (χ1) is 15.5. The predicted molar refractivity (Wildman–Crippen MR) is 126 cm³/mol. The van der Waals surface area contributed by atoms with E-state index in [-0.39, 0.29) is 29.5 Å². The molecule has 1 aromatic heterocycles. The maximum atomic E-state index is 12.9. The predicted octanol–water partition coefficient (Wildman–Crippen LogP) is 5.65. The summed E-state index contributed by atoms with van der Waals surface area (Å²) < 4.78 is 0. The normalized spacial score (nSPS) is 16.5. The van der Waals surface area contributed by atoms with Crippen molar-refractivity contribution in [3.05, 3.63) is 88.7 Å². The fourth-order valence-electron chi connectivity index (χ4n) is 4.35. The number of aromatic nitrogens is 2. The highest BCUT2D eigenvalue weighted by Crippen LogP contribution is 2.33. The molecule has 0 fully saturated rings. The van der Waals surface area contributed by atoms with E-state index in [9.17, 15) is 9.59 Å². The van der Waals surface area contributed by atoms with Crippen molar-refractivity contribution in [2.45, 2.75) is 57.8 Å². The Bertz CT molecular complexity index is 1110. The molecule has 0 radical (unpaired) electrons. The number of fused-ring (bicyclic) bond motifs is 1.